The Hall–Kier alpha value is -1.81. The Morgan fingerprint density at radius 2 is 2.21 bits per heavy atom. The fourth-order valence-corrected chi connectivity index (χ4v) is 2.12. The van der Waals surface area contributed by atoms with Crippen molar-refractivity contribution >= 4 is 0 Å². The summed E-state index contributed by atoms with van der Waals surface area (Å²) < 4.78 is 7.44. The van der Waals surface area contributed by atoms with Crippen molar-refractivity contribution < 1.29 is 4.74 Å². The van der Waals surface area contributed by atoms with Crippen LogP contribution in [0.3, 0.4) is 0 Å². The lowest BCUT2D eigenvalue weighted by molar-refractivity contribution is 0.403. The minimum atomic E-state index is 0.559. The van der Waals surface area contributed by atoms with E-state index in [1.165, 1.54) is 5.56 Å². The van der Waals surface area contributed by atoms with Gasteiger partial charge in [-0.1, -0.05) is 25.1 Å². The zero-order chi connectivity index (χ0) is 13.5. The van der Waals surface area contributed by atoms with Gasteiger partial charge in [-0.3, -0.25) is 0 Å². The van der Waals surface area contributed by atoms with Gasteiger partial charge in [0.25, 0.3) is 0 Å². The molecule has 1 N–H and O–H groups in total. The third kappa shape index (κ3) is 4.10. The predicted molar refractivity (Wildman–Crippen MR) is 76.1 cm³/mol. The van der Waals surface area contributed by atoms with Gasteiger partial charge in [0, 0.05) is 31.0 Å². The van der Waals surface area contributed by atoms with Crippen LogP contribution in [0.4, 0.5) is 0 Å². The molecule has 4 nitrogen and oxygen atoms in total. The summed E-state index contributed by atoms with van der Waals surface area (Å²) in [6.45, 7) is 5.02. The molecule has 0 radical (unpaired) electrons. The Bertz CT molecular complexity index is 482. The third-order valence-electron chi connectivity index (χ3n) is 3.08. The van der Waals surface area contributed by atoms with E-state index in [0.717, 1.165) is 25.4 Å². The molecular weight excluding hydrogens is 238 g/mol. The zero-order valence-electron chi connectivity index (χ0n) is 11.5. The molecule has 1 aromatic heterocycles. The van der Waals surface area contributed by atoms with Gasteiger partial charge in [0.15, 0.2) is 0 Å². The standard InChI is InChI=1S/C15H21N3O/c1-13(11-18-8-7-16-12-18)9-17-10-14-5-3-4-6-15(14)19-2/h3-8,12-13,17H,9-11H2,1-2H3. The quantitative estimate of drug-likeness (QED) is 0.829. The molecule has 102 valence electrons. The molecule has 0 amide bonds. The van der Waals surface area contributed by atoms with E-state index >= 15 is 0 Å². The minimum Gasteiger partial charge on any atom is -0.496 e. The van der Waals surface area contributed by atoms with Crippen LogP contribution >= 0.6 is 0 Å². The number of nitrogens with zero attached hydrogens (tertiary/aromatic N) is 2. The molecule has 0 spiro atoms. The molecule has 0 bridgehead atoms. The van der Waals surface area contributed by atoms with Gasteiger partial charge in [0.2, 0.25) is 0 Å². The molecule has 0 saturated heterocycles. The molecule has 2 rings (SSSR count). The highest BCUT2D eigenvalue weighted by atomic mass is 16.5. The van der Waals surface area contributed by atoms with Crippen LogP contribution in [0.2, 0.25) is 0 Å². The number of imidazole rings is 1. The highest BCUT2D eigenvalue weighted by Crippen LogP contribution is 2.16. The van der Waals surface area contributed by atoms with Crippen molar-refractivity contribution in [3.63, 3.8) is 0 Å². The van der Waals surface area contributed by atoms with Gasteiger partial charge < -0.3 is 14.6 Å². The van der Waals surface area contributed by atoms with Crippen molar-refractivity contribution in [3.05, 3.63) is 48.5 Å². The van der Waals surface area contributed by atoms with Crippen molar-refractivity contribution in [2.45, 2.75) is 20.0 Å². The van der Waals surface area contributed by atoms with Gasteiger partial charge in [-0.2, -0.15) is 0 Å². The topological polar surface area (TPSA) is 39.1 Å². The van der Waals surface area contributed by atoms with E-state index in [-0.39, 0.29) is 0 Å². The minimum absolute atomic E-state index is 0.559. The molecule has 2 aromatic rings. The summed E-state index contributed by atoms with van der Waals surface area (Å²) in [5, 5.41) is 3.47. The summed E-state index contributed by atoms with van der Waals surface area (Å²) in [5.74, 6) is 1.50. The van der Waals surface area contributed by atoms with E-state index in [1.807, 2.05) is 36.9 Å². The first-order valence-corrected chi connectivity index (χ1v) is 6.58. The van der Waals surface area contributed by atoms with Gasteiger partial charge in [-0.15, -0.1) is 0 Å². The first kappa shape index (κ1) is 13.6. The Labute approximate surface area is 114 Å². The second kappa shape index (κ2) is 6.95. The van der Waals surface area contributed by atoms with Gasteiger partial charge >= 0.3 is 0 Å². The second-order valence-electron chi connectivity index (χ2n) is 4.81. The van der Waals surface area contributed by atoms with E-state index in [4.69, 9.17) is 4.74 Å². The lowest BCUT2D eigenvalue weighted by Crippen LogP contribution is -2.23. The molecule has 0 fully saturated rings. The molecule has 0 aliphatic rings. The number of nitrogens with one attached hydrogen (secondary N) is 1. The smallest absolute Gasteiger partial charge is 0.123 e. The largest absolute Gasteiger partial charge is 0.496 e. The second-order valence-corrected chi connectivity index (χ2v) is 4.81. The summed E-state index contributed by atoms with van der Waals surface area (Å²) in [4.78, 5) is 4.05. The van der Waals surface area contributed by atoms with Crippen LogP contribution in [-0.2, 0) is 13.1 Å². The first-order valence-electron chi connectivity index (χ1n) is 6.58. The summed E-state index contributed by atoms with van der Waals surface area (Å²) in [5.41, 5.74) is 1.19. The molecule has 1 unspecified atom stereocenters. The van der Waals surface area contributed by atoms with Crippen molar-refractivity contribution in [2.24, 2.45) is 5.92 Å². The summed E-state index contributed by atoms with van der Waals surface area (Å²) in [6, 6.07) is 8.11. The summed E-state index contributed by atoms with van der Waals surface area (Å²) >= 11 is 0. The monoisotopic (exact) mass is 259 g/mol. The summed E-state index contributed by atoms with van der Waals surface area (Å²) in [6.07, 6.45) is 5.67. The summed E-state index contributed by atoms with van der Waals surface area (Å²) in [7, 11) is 1.71. The van der Waals surface area contributed by atoms with E-state index in [2.05, 4.69) is 27.9 Å². The molecule has 1 aromatic carbocycles. The molecule has 19 heavy (non-hydrogen) atoms. The average molecular weight is 259 g/mol. The van der Waals surface area contributed by atoms with Crippen LogP contribution < -0.4 is 10.1 Å². The number of rotatable bonds is 7. The number of hydrogen-bond acceptors (Lipinski definition) is 3. The number of aromatic nitrogens is 2. The van der Waals surface area contributed by atoms with Crippen LogP contribution in [0.1, 0.15) is 12.5 Å². The van der Waals surface area contributed by atoms with Crippen LogP contribution in [0.5, 0.6) is 5.75 Å². The molecule has 1 heterocycles. The van der Waals surface area contributed by atoms with Crippen molar-refractivity contribution in [3.8, 4) is 5.75 Å². The van der Waals surface area contributed by atoms with Gasteiger partial charge in [0.1, 0.15) is 5.75 Å². The molecule has 4 heteroatoms. The van der Waals surface area contributed by atoms with Crippen LogP contribution in [0, 0.1) is 5.92 Å². The highest BCUT2D eigenvalue weighted by molar-refractivity contribution is 5.32. The predicted octanol–water partition coefficient (Wildman–Crippen LogP) is 2.32. The Morgan fingerprint density at radius 3 is 2.95 bits per heavy atom. The molecular formula is C15H21N3O. The van der Waals surface area contributed by atoms with Crippen LogP contribution in [-0.4, -0.2) is 23.2 Å². The van der Waals surface area contributed by atoms with Crippen molar-refractivity contribution in [2.75, 3.05) is 13.7 Å². The lowest BCUT2D eigenvalue weighted by Gasteiger charge is -2.14. The number of ether oxygens (including phenoxy) is 1. The Kier molecular flexibility index (Phi) is 4.98. The number of para-hydroxylation sites is 1. The lowest BCUT2D eigenvalue weighted by atomic mass is 10.1. The maximum atomic E-state index is 5.34. The average Bonchev–Trinajstić information content (AvgIpc) is 2.92. The maximum Gasteiger partial charge on any atom is 0.123 e. The number of benzene rings is 1. The first-order chi connectivity index (χ1) is 9.29. The van der Waals surface area contributed by atoms with Gasteiger partial charge in [-0.05, 0) is 18.5 Å². The zero-order valence-corrected chi connectivity index (χ0v) is 11.5. The SMILES string of the molecule is COc1ccccc1CNCC(C)Cn1ccnc1. The third-order valence-corrected chi connectivity index (χ3v) is 3.08. The Morgan fingerprint density at radius 1 is 1.37 bits per heavy atom. The van der Waals surface area contributed by atoms with Crippen LogP contribution in [0.15, 0.2) is 43.0 Å². The molecule has 0 aliphatic heterocycles. The Balaban J connectivity index is 1.76. The van der Waals surface area contributed by atoms with E-state index < -0.39 is 0 Å². The van der Waals surface area contributed by atoms with Gasteiger partial charge in [-0.25, -0.2) is 4.98 Å². The highest BCUT2D eigenvalue weighted by Gasteiger charge is 2.04. The normalized spacial score (nSPS) is 12.3. The number of hydrogen-bond donors (Lipinski definition) is 1. The molecule has 0 saturated carbocycles. The van der Waals surface area contributed by atoms with Crippen LogP contribution in [0.25, 0.3) is 0 Å². The van der Waals surface area contributed by atoms with Gasteiger partial charge in [0.05, 0.1) is 13.4 Å². The molecule has 0 aliphatic carbocycles. The fraction of sp³-hybridized carbons (Fsp3) is 0.400. The van der Waals surface area contributed by atoms with E-state index in [9.17, 15) is 0 Å². The van der Waals surface area contributed by atoms with Crippen molar-refractivity contribution in [1.82, 2.24) is 14.9 Å². The maximum absolute atomic E-state index is 5.34. The van der Waals surface area contributed by atoms with E-state index in [1.54, 1.807) is 7.11 Å². The van der Waals surface area contributed by atoms with E-state index in [0.29, 0.717) is 5.92 Å². The van der Waals surface area contributed by atoms with Crippen molar-refractivity contribution in [1.29, 1.82) is 0 Å². The fourth-order valence-electron chi connectivity index (χ4n) is 2.12. The number of methoxy groups -OCH3 is 1. The molecule has 1 atom stereocenters.